The van der Waals surface area contributed by atoms with Gasteiger partial charge in [0, 0.05) is 24.9 Å². The second kappa shape index (κ2) is 4.04. The van der Waals surface area contributed by atoms with Crippen molar-refractivity contribution in [3.05, 3.63) is 11.8 Å². The van der Waals surface area contributed by atoms with Gasteiger partial charge in [-0.25, -0.2) is 0 Å². The summed E-state index contributed by atoms with van der Waals surface area (Å²) in [5.41, 5.74) is -0.0820. The molecule has 1 aromatic heterocycles. The Bertz CT molecular complexity index is 350. The predicted molar refractivity (Wildman–Crippen MR) is 58.9 cm³/mol. The maximum absolute atomic E-state index is 11.4. The molecule has 0 unspecified atom stereocenters. The molecule has 0 aromatic carbocycles. The van der Waals surface area contributed by atoms with Crippen LogP contribution < -0.4 is 4.90 Å². The van der Waals surface area contributed by atoms with E-state index in [4.69, 9.17) is 4.52 Å². The third-order valence-corrected chi connectivity index (χ3v) is 2.26. The van der Waals surface area contributed by atoms with E-state index in [1.165, 1.54) is 4.90 Å². The lowest BCUT2D eigenvalue weighted by atomic mass is 9.93. The summed E-state index contributed by atoms with van der Waals surface area (Å²) in [6, 6.07) is 1.81. The Kier molecular flexibility index (Phi) is 3.17. The van der Waals surface area contributed by atoms with Crippen LogP contribution in [-0.2, 0) is 10.2 Å². The normalized spacial score (nSPS) is 11.5. The fraction of sp³-hybridized carbons (Fsp3) is 0.636. The van der Waals surface area contributed by atoms with Gasteiger partial charge in [0.25, 0.3) is 0 Å². The average Bonchev–Trinajstić information content (AvgIpc) is 2.63. The van der Waals surface area contributed by atoms with Gasteiger partial charge in [0.1, 0.15) is 5.76 Å². The van der Waals surface area contributed by atoms with E-state index in [9.17, 15) is 4.79 Å². The third kappa shape index (κ3) is 2.58. The highest BCUT2D eigenvalue weighted by molar-refractivity contribution is 5.91. The molecule has 0 saturated heterocycles. The first kappa shape index (κ1) is 11.8. The molecular formula is C11H18N2O2. The van der Waals surface area contributed by atoms with Gasteiger partial charge < -0.3 is 4.52 Å². The summed E-state index contributed by atoms with van der Waals surface area (Å²) >= 11 is 0. The van der Waals surface area contributed by atoms with Crippen LogP contribution in [0.3, 0.4) is 0 Å². The second-order valence-corrected chi connectivity index (χ2v) is 4.61. The number of amides is 1. The van der Waals surface area contributed by atoms with Crippen molar-refractivity contribution in [1.82, 2.24) is 5.16 Å². The van der Waals surface area contributed by atoms with Crippen LogP contribution in [0.2, 0.25) is 0 Å². The molecule has 4 nitrogen and oxygen atoms in total. The van der Waals surface area contributed by atoms with Crippen molar-refractivity contribution >= 4 is 11.7 Å². The standard InChI is InChI=1S/C11H18N2O2/c1-6-10(14)13(5)9-7-8(15-12-9)11(2,3)4/h7H,6H2,1-5H3. The van der Waals surface area contributed by atoms with Gasteiger partial charge in [0.15, 0.2) is 5.82 Å². The van der Waals surface area contributed by atoms with E-state index in [1.807, 2.05) is 33.8 Å². The number of hydrogen-bond acceptors (Lipinski definition) is 3. The first-order valence-electron chi connectivity index (χ1n) is 5.10. The second-order valence-electron chi connectivity index (χ2n) is 4.61. The molecule has 84 valence electrons. The molecule has 0 bridgehead atoms. The number of rotatable bonds is 2. The van der Waals surface area contributed by atoms with Gasteiger partial charge in [-0.1, -0.05) is 32.9 Å². The first-order valence-corrected chi connectivity index (χ1v) is 5.10. The quantitative estimate of drug-likeness (QED) is 0.752. The maximum atomic E-state index is 11.4. The van der Waals surface area contributed by atoms with Gasteiger partial charge in [0.05, 0.1) is 0 Å². The Labute approximate surface area is 90.2 Å². The average molecular weight is 210 g/mol. The molecule has 0 aliphatic rings. The summed E-state index contributed by atoms with van der Waals surface area (Å²) in [7, 11) is 1.70. The Morgan fingerprint density at radius 2 is 2.13 bits per heavy atom. The van der Waals surface area contributed by atoms with Crippen LogP contribution in [-0.4, -0.2) is 18.1 Å². The molecule has 0 atom stereocenters. The molecule has 0 spiro atoms. The molecule has 0 fully saturated rings. The Morgan fingerprint density at radius 3 is 2.53 bits per heavy atom. The first-order chi connectivity index (χ1) is 6.86. The van der Waals surface area contributed by atoms with E-state index in [-0.39, 0.29) is 11.3 Å². The predicted octanol–water partition coefficient (Wildman–Crippen LogP) is 2.34. The largest absolute Gasteiger partial charge is 0.359 e. The zero-order chi connectivity index (χ0) is 11.6. The van der Waals surface area contributed by atoms with E-state index in [0.29, 0.717) is 12.2 Å². The number of hydrogen-bond donors (Lipinski definition) is 0. The lowest BCUT2D eigenvalue weighted by Gasteiger charge is -2.13. The highest BCUT2D eigenvalue weighted by Gasteiger charge is 2.22. The molecule has 0 aliphatic heterocycles. The molecule has 15 heavy (non-hydrogen) atoms. The monoisotopic (exact) mass is 210 g/mol. The van der Waals surface area contributed by atoms with Crippen molar-refractivity contribution in [2.75, 3.05) is 11.9 Å². The van der Waals surface area contributed by atoms with Crippen LogP contribution in [0.15, 0.2) is 10.6 Å². The summed E-state index contributed by atoms with van der Waals surface area (Å²) < 4.78 is 5.20. The molecule has 0 radical (unpaired) electrons. The highest BCUT2D eigenvalue weighted by Crippen LogP contribution is 2.25. The van der Waals surface area contributed by atoms with Crippen LogP contribution >= 0.6 is 0 Å². The molecule has 0 N–H and O–H groups in total. The highest BCUT2D eigenvalue weighted by atomic mass is 16.5. The van der Waals surface area contributed by atoms with Crippen molar-refractivity contribution < 1.29 is 9.32 Å². The van der Waals surface area contributed by atoms with Crippen LogP contribution in [0.25, 0.3) is 0 Å². The topological polar surface area (TPSA) is 46.3 Å². The van der Waals surface area contributed by atoms with Gasteiger partial charge in [0.2, 0.25) is 5.91 Å². The van der Waals surface area contributed by atoms with Crippen molar-refractivity contribution in [2.45, 2.75) is 39.5 Å². The maximum Gasteiger partial charge on any atom is 0.227 e. The molecule has 1 heterocycles. The van der Waals surface area contributed by atoms with Crippen molar-refractivity contribution in [3.63, 3.8) is 0 Å². The Morgan fingerprint density at radius 1 is 1.53 bits per heavy atom. The number of carbonyl (C=O) groups excluding carboxylic acids is 1. The molecule has 1 rings (SSSR count). The fourth-order valence-electron chi connectivity index (χ4n) is 1.14. The van der Waals surface area contributed by atoms with Crippen molar-refractivity contribution in [1.29, 1.82) is 0 Å². The minimum atomic E-state index is -0.0820. The number of aromatic nitrogens is 1. The molecular weight excluding hydrogens is 192 g/mol. The molecule has 4 heteroatoms. The fourth-order valence-corrected chi connectivity index (χ4v) is 1.14. The minimum absolute atomic E-state index is 0.0313. The Hall–Kier alpha value is -1.32. The number of carbonyl (C=O) groups is 1. The SMILES string of the molecule is CCC(=O)N(C)c1cc(C(C)(C)C)on1. The van der Waals surface area contributed by atoms with Crippen LogP contribution in [0, 0.1) is 0 Å². The van der Waals surface area contributed by atoms with Gasteiger partial charge in [-0.3, -0.25) is 9.69 Å². The minimum Gasteiger partial charge on any atom is -0.359 e. The summed E-state index contributed by atoms with van der Waals surface area (Å²) in [6.45, 7) is 7.94. The lowest BCUT2D eigenvalue weighted by molar-refractivity contribution is -0.118. The smallest absolute Gasteiger partial charge is 0.227 e. The Balaban J connectivity index is 2.89. The van der Waals surface area contributed by atoms with E-state index in [1.54, 1.807) is 7.05 Å². The van der Waals surface area contributed by atoms with E-state index in [2.05, 4.69) is 5.16 Å². The molecule has 0 aliphatic carbocycles. The number of nitrogens with zero attached hydrogens (tertiary/aromatic N) is 2. The molecule has 0 saturated carbocycles. The van der Waals surface area contributed by atoms with Gasteiger partial charge >= 0.3 is 0 Å². The van der Waals surface area contributed by atoms with E-state index >= 15 is 0 Å². The zero-order valence-corrected chi connectivity index (χ0v) is 10.00. The van der Waals surface area contributed by atoms with Crippen molar-refractivity contribution in [2.24, 2.45) is 0 Å². The third-order valence-electron chi connectivity index (χ3n) is 2.26. The number of anilines is 1. The van der Waals surface area contributed by atoms with Crippen LogP contribution in [0.5, 0.6) is 0 Å². The van der Waals surface area contributed by atoms with Crippen LogP contribution in [0.1, 0.15) is 39.9 Å². The lowest BCUT2D eigenvalue weighted by Crippen LogP contribution is -2.25. The van der Waals surface area contributed by atoms with Crippen LogP contribution in [0.4, 0.5) is 5.82 Å². The molecule has 1 aromatic rings. The summed E-state index contributed by atoms with van der Waals surface area (Å²) in [5.74, 6) is 1.39. The van der Waals surface area contributed by atoms with Gasteiger partial charge in [-0.05, 0) is 0 Å². The summed E-state index contributed by atoms with van der Waals surface area (Å²) in [6.07, 6.45) is 0.466. The molecule has 1 amide bonds. The van der Waals surface area contributed by atoms with E-state index < -0.39 is 0 Å². The van der Waals surface area contributed by atoms with Gasteiger partial charge in [-0.15, -0.1) is 0 Å². The van der Waals surface area contributed by atoms with Crippen molar-refractivity contribution in [3.8, 4) is 0 Å². The zero-order valence-electron chi connectivity index (χ0n) is 10.00. The van der Waals surface area contributed by atoms with Gasteiger partial charge in [-0.2, -0.15) is 0 Å². The van der Waals surface area contributed by atoms with E-state index in [0.717, 1.165) is 5.76 Å². The summed E-state index contributed by atoms with van der Waals surface area (Å²) in [4.78, 5) is 12.9. The summed E-state index contributed by atoms with van der Waals surface area (Å²) in [5, 5.41) is 3.88.